The van der Waals surface area contributed by atoms with Crippen LogP contribution in [0.5, 0.6) is 0 Å². The van der Waals surface area contributed by atoms with Gasteiger partial charge in [-0.05, 0) is 51.0 Å². The van der Waals surface area contributed by atoms with Gasteiger partial charge in [0, 0.05) is 6.04 Å². The summed E-state index contributed by atoms with van der Waals surface area (Å²) in [6, 6.07) is 0.670. The molecule has 0 aliphatic carbocycles. The zero-order valence-electron chi connectivity index (χ0n) is 10.9. The molecule has 0 aromatic heterocycles. The topological polar surface area (TPSA) is 12.0 Å². The van der Waals surface area contributed by atoms with Gasteiger partial charge >= 0.3 is 0 Å². The highest BCUT2D eigenvalue weighted by molar-refractivity contribution is 4.67. The molecule has 0 saturated carbocycles. The van der Waals surface area contributed by atoms with E-state index in [9.17, 15) is 0 Å². The van der Waals surface area contributed by atoms with Crippen LogP contribution in [0.1, 0.15) is 53.9 Å². The lowest BCUT2D eigenvalue weighted by Crippen LogP contribution is -2.22. The van der Waals surface area contributed by atoms with Crippen LogP contribution in [0.15, 0.2) is 0 Å². The van der Waals surface area contributed by atoms with Crippen molar-refractivity contribution in [1.82, 2.24) is 5.32 Å². The summed E-state index contributed by atoms with van der Waals surface area (Å²) in [6.45, 7) is 11.7. The third-order valence-electron chi connectivity index (χ3n) is 3.36. The minimum absolute atomic E-state index is 0.670. The van der Waals surface area contributed by atoms with Crippen molar-refractivity contribution in [2.24, 2.45) is 17.8 Å². The molecular weight excluding hydrogens is 170 g/mol. The quantitative estimate of drug-likeness (QED) is 0.659. The van der Waals surface area contributed by atoms with Gasteiger partial charge in [0.15, 0.2) is 0 Å². The molecule has 2 unspecified atom stereocenters. The third kappa shape index (κ3) is 6.42. The van der Waals surface area contributed by atoms with E-state index in [1.807, 2.05) is 7.05 Å². The van der Waals surface area contributed by atoms with Crippen molar-refractivity contribution < 1.29 is 0 Å². The maximum atomic E-state index is 3.30. The Hall–Kier alpha value is -0.0400. The summed E-state index contributed by atoms with van der Waals surface area (Å²) in [4.78, 5) is 0. The van der Waals surface area contributed by atoms with E-state index in [-0.39, 0.29) is 0 Å². The fourth-order valence-electron chi connectivity index (χ4n) is 1.92. The van der Waals surface area contributed by atoms with Gasteiger partial charge in [-0.15, -0.1) is 0 Å². The first kappa shape index (κ1) is 14.0. The first-order valence-electron chi connectivity index (χ1n) is 6.14. The first-order valence-corrected chi connectivity index (χ1v) is 6.14. The van der Waals surface area contributed by atoms with Gasteiger partial charge in [0.1, 0.15) is 0 Å². The second-order valence-electron chi connectivity index (χ2n) is 5.35. The lowest BCUT2D eigenvalue weighted by Gasteiger charge is -2.22. The molecule has 3 atom stereocenters. The number of rotatable bonds is 7. The predicted octanol–water partition coefficient (Wildman–Crippen LogP) is 3.69. The van der Waals surface area contributed by atoms with E-state index in [1.54, 1.807) is 0 Å². The molecule has 0 spiro atoms. The van der Waals surface area contributed by atoms with Crippen LogP contribution < -0.4 is 5.32 Å². The van der Waals surface area contributed by atoms with Crippen LogP contribution >= 0.6 is 0 Å². The van der Waals surface area contributed by atoms with E-state index in [0.717, 1.165) is 17.8 Å². The lowest BCUT2D eigenvalue weighted by molar-refractivity contribution is 0.295. The van der Waals surface area contributed by atoms with Crippen molar-refractivity contribution >= 4 is 0 Å². The van der Waals surface area contributed by atoms with Crippen molar-refractivity contribution in [2.45, 2.75) is 59.9 Å². The normalized spacial score (nSPS) is 18.2. The predicted molar refractivity (Wildman–Crippen MR) is 65.5 cm³/mol. The first-order chi connectivity index (χ1) is 6.47. The lowest BCUT2D eigenvalue weighted by atomic mass is 9.85. The van der Waals surface area contributed by atoms with Gasteiger partial charge in [0.2, 0.25) is 0 Å². The Morgan fingerprint density at radius 2 is 1.43 bits per heavy atom. The monoisotopic (exact) mass is 199 g/mol. The molecule has 0 bridgehead atoms. The Morgan fingerprint density at radius 1 is 0.857 bits per heavy atom. The van der Waals surface area contributed by atoms with Crippen molar-refractivity contribution in [3.8, 4) is 0 Å². The number of nitrogens with one attached hydrogen (secondary N) is 1. The molecule has 0 aromatic rings. The van der Waals surface area contributed by atoms with Crippen molar-refractivity contribution in [3.05, 3.63) is 0 Å². The van der Waals surface area contributed by atoms with Crippen molar-refractivity contribution in [1.29, 1.82) is 0 Å². The number of hydrogen-bond acceptors (Lipinski definition) is 1. The smallest absolute Gasteiger partial charge is 0.00358 e. The molecule has 0 amide bonds. The van der Waals surface area contributed by atoms with Gasteiger partial charge in [-0.25, -0.2) is 0 Å². The van der Waals surface area contributed by atoms with Crippen LogP contribution in [-0.2, 0) is 0 Å². The average molecular weight is 199 g/mol. The van der Waals surface area contributed by atoms with E-state index in [1.165, 1.54) is 19.3 Å². The SMILES string of the molecule is CNC(C)CC[C@@H](C)C(C)CC(C)C. The van der Waals surface area contributed by atoms with Crippen LogP contribution in [0.3, 0.4) is 0 Å². The van der Waals surface area contributed by atoms with Gasteiger partial charge in [0.05, 0.1) is 0 Å². The Morgan fingerprint density at radius 3 is 1.86 bits per heavy atom. The molecule has 0 fully saturated rings. The zero-order chi connectivity index (χ0) is 11.1. The highest BCUT2D eigenvalue weighted by Gasteiger charge is 2.14. The molecule has 86 valence electrons. The summed E-state index contributed by atoms with van der Waals surface area (Å²) >= 11 is 0. The van der Waals surface area contributed by atoms with E-state index in [4.69, 9.17) is 0 Å². The third-order valence-corrected chi connectivity index (χ3v) is 3.36. The summed E-state index contributed by atoms with van der Waals surface area (Å²) in [5.41, 5.74) is 0. The minimum Gasteiger partial charge on any atom is -0.317 e. The molecule has 0 aromatic carbocycles. The molecule has 0 rings (SSSR count). The molecule has 0 radical (unpaired) electrons. The highest BCUT2D eigenvalue weighted by Crippen LogP contribution is 2.23. The molecule has 1 heteroatoms. The zero-order valence-corrected chi connectivity index (χ0v) is 10.9. The van der Waals surface area contributed by atoms with Gasteiger partial charge in [-0.1, -0.05) is 27.7 Å². The van der Waals surface area contributed by atoms with Gasteiger partial charge < -0.3 is 5.32 Å². The Bertz CT molecular complexity index is 131. The molecule has 0 saturated heterocycles. The summed E-state index contributed by atoms with van der Waals surface area (Å²) in [5, 5.41) is 3.30. The summed E-state index contributed by atoms with van der Waals surface area (Å²) in [5.74, 6) is 2.58. The number of hydrogen-bond donors (Lipinski definition) is 1. The van der Waals surface area contributed by atoms with Gasteiger partial charge in [0.25, 0.3) is 0 Å². The minimum atomic E-state index is 0.670. The second kappa shape index (κ2) is 7.28. The standard InChI is InChI=1S/C13H29N/c1-10(2)9-12(4)11(3)7-8-13(5)14-6/h10-14H,7-9H2,1-6H3/t11-,12?,13?/m1/s1. The van der Waals surface area contributed by atoms with Gasteiger partial charge in [-0.3, -0.25) is 0 Å². The van der Waals surface area contributed by atoms with Crippen LogP contribution in [-0.4, -0.2) is 13.1 Å². The van der Waals surface area contributed by atoms with E-state index in [2.05, 4.69) is 39.9 Å². The fraction of sp³-hybridized carbons (Fsp3) is 1.00. The van der Waals surface area contributed by atoms with Crippen LogP contribution in [0.2, 0.25) is 0 Å². The maximum Gasteiger partial charge on any atom is 0.00358 e. The summed E-state index contributed by atoms with van der Waals surface area (Å²) in [6.07, 6.45) is 4.03. The van der Waals surface area contributed by atoms with E-state index < -0.39 is 0 Å². The largest absolute Gasteiger partial charge is 0.317 e. The molecular formula is C13H29N. The summed E-state index contributed by atoms with van der Waals surface area (Å²) in [7, 11) is 2.05. The van der Waals surface area contributed by atoms with Gasteiger partial charge in [-0.2, -0.15) is 0 Å². The average Bonchev–Trinajstić information content (AvgIpc) is 2.12. The Kier molecular flexibility index (Phi) is 7.26. The van der Waals surface area contributed by atoms with Crippen molar-refractivity contribution in [3.63, 3.8) is 0 Å². The molecule has 0 aliphatic rings. The molecule has 14 heavy (non-hydrogen) atoms. The highest BCUT2D eigenvalue weighted by atomic mass is 14.8. The fourth-order valence-corrected chi connectivity index (χ4v) is 1.92. The van der Waals surface area contributed by atoms with Crippen molar-refractivity contribution in [2.75, 3.05) is 7.05 Å². The maximum absolute atomic E-state index is 3.30. The Labute approximate surface area is 90.7 Å². The molecule has 0 aliphatic heterocycles. The van der Waals surface area contributed by atoms with E-state index >= 15 is 0 Å². The molecule has 0 heterocycles. The van der Waals surface area contributed by atoms with E-state index in [0.29, 0.717) is 6.04 Å². The second-order valence-corrected chi connectivity index (χ2v) is 5.35. The Balaban J connectivity index is 3.66. The van der Waals surface area contributed by atoms with Crippen LogP contribution in [0, 0.1) is 17.8 Å². The van der Waals surface area contributed by atoms with Crippen LogP contribution in [0.4, 0.5) is 0 Å². The molecule has 1 N–H and O–H groups in total. The van der Waals surface area contributed by atoms with Crippen LogP contribution in [0.25, 0.3) is 0 Å². The summed E-state index contributed by atoms with van der Waals surface area (Å²) < 4.78 is 0. The molecule has 1 nitrogen and oxygen atoms in total.